The predicted molar refractivity (Wildman–Crippen MR) is 205 cm³/mol. The minimum Gasteiger partial charge on any atom is -0.346 e. The van der Waals surface area contributed by atoms with Gasteiger partial charge in [0.25, 0.3) is 30.4 Å². The number of fused-ring (bicyclic) bond motifs is 2. The molecule has 57 heavy (non-hydrogen) atoms. The van der Waals surface area contributed by atoms with E-state index in [4.69, 9.17) is 17.3 Å². The van der Waals surface area contributed by atoms with Gasteiger partial charge in [0.2, 0.25) is 0 Å². The highest BCUT2D eigenvalue weighted by Crippen LogP contribution is 2.39. The summed E-state index contributed by atoms with van der Waals surface area (Å²) < 4.78 is 109. The topological polar surface area (TPSA) is 201 Å². The maximum Gasteiger partial charge on any atom is 0.297 e. The SMILES string of the molecule is Cc1ccc(S(=O)(=O)OC[C@H]2O[C@@H](n3cnc4c(-n5cnc6ccccc65)ncnc43)[C@H](OS(=O)(=O)c3ccc(C)cc3)[C@@H]2OS(=O)(=O)c2ccc(C)cc2)cc1. The number of benzene rings is 4. The van der Waals surface area contributed by atoms with Crippen LogP contribution in [0.4, 0.5) is 0 Å². The van der Waals surface area contributed by atoms with E-state index in [-0.39, 0.29) is 25.9 Å². The zero-order valence-electron chi connectivity index (χ0n) is 30.5. The van der Waals surface area contributed by atoms with E-state index in [0.29, 0.717) is 11.3 Å². The molecule has 0 aliphatic carbocycles. The first-order valence-corrected chi connectivity index (χ1v) is 21.6. The van der Waals surface area contributed by atoms with Crippen LogP contribution in [-0.2, 0) is 47.6 Å². The van der Waals surface area contributed by atoms with Gasteiger partial charge in [-0.1, -0.05) is 65.2 Å². The molecular formula is C38H34N6O10S3. The maximum atomic E-state index is 14.0. The lowest BCUT2D eigenvalue weighted by Crippen LogP contribution is -2.41. The molecule has 1 aliphatic rings. The second kappa shape index (κ2) is 14.8. The van der Waals surface area contributed by atoms with Crippen LogP contribution in [0.5, 0.6) is 0 Å². The summed E-state index contributed by atoms with van der Waals surface area (Å²) in [5, 5.41) is 0. The van der Waals surface area contributed by atoms with Crippen LogP contribution in [0.2, 0.25) is 0 Å². The van der Waals surface area contributed by atoms with Gasteiger partial charge in [-0.3, -0.25) is 21.7 Å². The first-order chi connectivity index (χ1) is 27.2. The molecule has 294 valence electrons. The number of hydrogen-bond donors (Lipinski definition) is 0. The third kappa shape index (κ3) is 7.57. The first-order valence-electron chi connectivity index (χ1n) is 17.4. The Morgan fingerprint density at radius 1 is 0.614 bits per heavy atom. The van der Waals surface area contributed by atoms with Crippen molar-refractivity contribution in [2.24, 2.45) is 0 Å². The van der Waals surface area contributed by atoms with Gasteiger partial charge < -0.3 is 4.74 Å². The van der Waals surface area contributed by atoms with Crippen LogP contribution >= 0.6 is 0 Å². The molecule has 1 saturated heterocycles. The van der Waals surface area contributed by atoms with Crippen LogP contribution in [-0.4, -0.2) is 79.2 Å². The van der Waals surface area contributed by atoms with E-state index in [1.54, 1.807) is 68.1 Å². The van der Waals surface area contributed by atoms with E-state index >= 15 is 0 Å². The predicted octanol–water partition coefficient (Wildman–Crippen LogP) is 4.94. The lowest BCUT2D eigenvalue weighted by molar-refractivity contribution is -0.0419. The number of ether oxygens (including phenoxy) is 1. The third-order valence-corrected chi connectivity index (χ3v) is 13.3. The lowest BCUT2D eigenvalue weighted by atomic mass is 10.1. The molecule has 0 unspecified atom stereocenters. The summed E-state index contributed by atoms with van der Waals surface area (Å²) in [6.45, 7) is 4.53. The van der Waals surface area contributed by atoms with Gasteiger partial charge in [-0.05, 0) is 69.3 Å². The van der Waals surface area contributed by atoms with E-state index in [2.05, 4.69) is 19.9 Å². The molecular weight excluding hydrogens is 797 g/mol. The van der Waals surface area contributed by atoms with Crippen molar-refractivity contribution in [3.05, 3.63) is 133 Å². The summed E-state index contributed by atoms with van der Waals surface area (Å²) in [4.78, 5) is 17.2. The summed E-state index contributed by atoms with van der Waals surface area (Å²) in [6.07, 6.45) is -2.57. The van der Waals surface area contributed by atoms with Crippen LogP contribution in [0.15, 0.2) is 131 Å². The van der Waals surface area contributed by atoms with E-state index in [1.165, 1.54) is 53.6 Å². The van der Waals surface area contributed by atoms with Gasteiger partial charge in [-0.15, -0.1) is 0 Å². The second-order valence-corrected chi connectivity index (χ2v) is 18.2. The Hall–Kier alpha value is -5.41. The highest BCUT2D eigenvalue weighted by Gasteiger charge is 2.53. The maximum absolute atomic E-state index is 14.0. The Labute approximate surface area is 328 Å². The molecule has 4 heterocycles. The average molecular weight is 831 g/mol. The Balaban J connectivity index is 1.25. The molecule has 4 aromatic carbocycles. The van der Waals surface area contributed by atoms with E-state index in [0.717, 1.165) is 22.2 Å². The Bertz CT molecular complexity index is 2940. The van der Waals surface area contributed by atoms with Crippen molar-refractivity contribution < 1.29 is 42.5 Å². The average Bonchev–Trinajstić information content (AvgIpc) is 3.90. The Kier molecular flexibility index (Phi) is 10.0. The van der Waals surface area contributed by atoms with Crippen molar-refractivity contribution in [3.63, 3.8) is 0 Å². The van der Waals surface area contributed by atoms with Crippen LogP contribution in [0.25, 0.3) is 28.0 Å². The van der Waals surface area contributed by atoms with Crippen molar-refractivity contribution in [3.8, 4) is 5.82 Å². The standard InChI is InChI=1S/C38H34N6O10S3/c1-24-8-14-27(15-9-24)55(45,46)51-20-32-34(53-56(47,48)28-16-10-25(2)11-17-28)35(54-57(49,50)29-18-12-26(3)13-19-29)38(52-32)44-23-42-33-36(39-21-40-37(33)44)43-22-41-30-6-4-5-7-31(30)43/h4-19,21-23,32,34-35,38H,20H2,1-3H3/t32-,34-,35-,38-/m1/s1. The van der Waals surface area contributed by atoms with Crippen molar-refractivity contribution in [2.45, 2.75) is 60.0 Å². The fraction of sp³-hybridized carbons (Fsp3) is 0.211. The van der Waals surface area contributed by atoms with E-state index < -0.39 is 61.5 Å². The molecule has 1 fully saturated rings. The van der Waals surface area contributed by atoms with Crippen molar-refractivity contribution in [1.29, 1.82) is 0 Å². The molecule has 1 aliphatic heterocycles. The fourth-order valence-electron chi connectivity index (χ4n) is 6.36. The number of rotatable bonds is 12. The smallest absolute Gasteiger partial charge is 0.297 e. The van der Waals surface area contributed by atoms with E-state index in [9.17, 15) is 25.3 Å². The van der Waals surface area contributed by atoms with Crippen LogP contribution < -0.4 is 0 Å². The second-order valence-electron chi connectivity index (χ2n) is 13.4. The van der Waals surface area contributed by atoms with Crippen molar-refractivity contribution in [1.82, 2.24) is 29.1 Å². The van der Waals surface area contributed by atoms with Crippen LogP contribution in [0.3, 0.4) is 0 Å². The molecule has 8 rings (SSSR count). The number of aryl methyl sites for hydroxylation is 3. The van der Waals surface area contributed by atoms with Crippen LogP contribution in [0, 0.1) is 20.8 Å². The molecule has 0 amide bonds. The molecule has 19 heteroatoms. The van der Waals surface area contributed by atoms with E-state index in [1.807, 2.05) is 24.3 Å². The molecule has 3 aromatic heterocycles. The highest BCUT2D eigenvalue weighted by molar-refractivity contribution is 7.87. The lowest BCUT2D eigenvalue weighted by Gasteiger charge is -2.24. The summed E-state index contributed by atoms with van der Waals surface area (Å²) in [5.41, 5.74) is 4.15. The van der Waals surface area contributed by atoms with Gasteiger partial charge >= 0.3 is 0 Å². The Morgan fingerprint density at radius 3 is 1.75 bits per heavy atom. The summed E-state index contributed by atoms with van der Waals surface area (Å²) >= 11 is 0. The fourth-order valence-corrected chi connectivity index (χ4v) is 9.46. The van der Waals surface area contributed by atoms with Gasteiger partial charge in [0.05, 0.1) is 38.7 Å². The van der Waals surface area contributed by atoms with Gasteiger partial charge in [0.15, 0.2) is 29.3 Å². The normalized spacial score (nSPS) is 19.1. The minimum atomic E-state index is -4.68. The van der Waals surface area contributed by atoms with Gasteiger partial charge in [-0.25, -0.2) is 19.9 Å². The summed E-state index contributed by atoms with van der Waals surface area (Å²) in [6, 6.07) is 24.8. The molecule has 0 spiro atoms. The molecule has 16 nitrogen and oxygen atoms in total. The first kappa shape index (κ1) is 38.5. The third-order valence-electron chi connectivity index (χ3n) is 9.37. The highest BCUT2D eigenvalue weighted by atomic mass is 32.2. The van der Waals surface area contributed by atoms with Gasteiger partial charge in [0, 0.05) is 0 Å². The number of imidazole rings is 2. The zero-order chi connectivity index (χ0) is 40.1. The van der Waals surface area contributed by atoms with Gasteiger partial charge in [-0.2, -0.15) is 25.3 Å². The number of nitrogens with zero attached hydrogens (tertiary/aromatic N) is 6. The zero-order valence-corrected chi connectivity index (χ0v) is 32.9. The van der Waals surface area contributed by atoms with Crippen molar-refractivity contribution >= 4 is 52.6 Å². The molecule has 4 atom stereocenters. The molecule has 7 aromatic rings. The number of hydrogen-bond acceptors (Lipinski definition) is 14. The molecule has 0 radical (unpaired) electrons. The molecule has 0 saturated carbocycles. The summed E-state index contributed by atoms with van der Waals surface area (Å²) in [5.74, 6) is 0.328. The molecule has 0 bridgehead atoms. The van der Waals surface area contributed by atoms with Crippen molar-refractivity contribution in [2.75, 3.05) is 6.61 Å². The van der Waals surface area contributed by atoms with Crippen LogP contribution in [0.1, 0.15) is 22.9 Å². The largest absolute Gasteiger partial charge is 0.346 e. The summed E-state index contributed by atoms with van der Waals surface area (Å²) in [7, 11) is -13.8. The monoisotopic (exact) mass is 830 g/mol. The Morgan fingerprint density at radius 2 is 1.16 bits per heavy atom. The quantitative estimate of drug-likeness (QED) is 0.150. The number of aromatic nitrogens is 6. The van der Waals surface area contributed by atoms with Gasteiger partial charge in [0.1, 0.15) is 24.9 Å². The number of para-hydroxylation sites is 2. The molecule has 0 N–H and O–H groups in total. The minimum absolute atomic E-state index is 0.137.